The van der Waals surface area contributed by atoms with Gasteiger partial charge in [-0.1, -0.05) is 76.2 Å². The second kappa shape index (κ2) is 39.2. The molecule has 12 amide bonds. The molecule has 105 heavy (non-hydrogen) atoms. The Hall–Kier alpha value is -10.8. The van der Waals surface area contributed by atoms with Gasteiger partial charge in [-0.15, -0.1) is 0 Å². The quantitative estimate of drug-likeness (QED) is 0.0196. The minimum atomic E-state index is -1.94. The van der Waals surface area contributed by atoms with E-state index in [1.165, 1.54) is 43.0 Å². The van der Waals surface area contributed by atoms with E-state index >= 15 is 0 Å². The highest BCUT2D eigenvalue weighted by Crippen LogP contribution is 2.24. The van der Waals surface area contributed by atoms with Crippen molar-refractivity contribution in [1.82, 2.24) is 73.4 Å². The first-order chi connectivity index (χ1) is 49.7. The Morgan fingerprint density at radius 3 is 1.50 bits per heavy atom. The number of carbonyl (C=O) groups excluding carboxylic acids is 12. The summed E-state index contributed by atoms with van der Waals surface area (Å²) in [6.07, 6.45) is -1.26. The molecule has 6 rings (SSSR count). The number of phenolic OH excluding ortho intramolecular Hbond substituents is 1. The number of fused-ring (bicyclic) bond motifs is 2. The summed E-state index contributed by atoms with van der Waals surface area (Å²) in [4.78, 5) is 211. The van der Waals surface area contributed by atoms with Crippen LogP contribution < -0.4 is 58.5 Å². The first-order valence-electron chi connectivity index (χ1n) is 33.7. The Bertz CT molecular complexity index is 4000. The highest BCUT2D eigenvalue weighted by molar-refractivity contribution is 7.80. The van der Waals surface area contributed by atoms with Gasteiger partial charge in [-0.25, -0.2) is 4.79 Å². The third-order valence-electron chi connectivity index (χ3n) is 17.3. The topological polar surface area (TPSA) is 524 Å². The van der Waals surface area contributed by atoms with Crippen LogP contribution in [0, 0.1) is 11.8 Å². The van der Waals surface area contributed by atoms with Gasteiger partial charge in [-0.2, -0.15) is 25.3 Å². The number of hydrogen-bond donors (Lipinski definition) is 20. The van der Waals surface area contributed by atoms with Crippen molar-refractivity contribution in [2.24, 2.45) is 11.8 Å². The molecule has 2 aromatic heterocycles. The van der Waals surface area contributed by atoms with Crippen LogP contribution in [0.3, 0.4) is 0 Å². The molecule has 36 heteroatoms. The number of carbonyl (C=O) groups is 15. The van der Waals surface area contributed by atoms with Crippen molar-refractivity contribution < 1.29 is 97.5 Å². The molecule has 1 fully saturated rings. The number of aromatic hydroxyl groups is 1. The van der Waals surface area contributed by atoms with Crippen LogP contribution in [0.25, 0.3) is 21.8 Å². The van der Waals surface area contributed by atoms with Crippen LogP contribution in [0.4, 0.5) is 0 Å². The second-order valence-electron chi connectivity index (χ2n) is 26.0. The SMILES string of the molecule is CC(=O)N[C@@H](CS)C(=O)N[C@H](C(=O)N[C@@H](CCC(=O)O)C(=O)N[C@@H](Cc1ccc(O)cc1)C(=O)N[C@@H](Cc1c[nH]c2ccccc12)C(=O)N[C@H](C(=O)N[C@@H](CC(=O)O)C(=O)NCC(=O)N[C@@H](Cc1c[nH]c2ccccc12)C(=O)N[C@H](C(=O)N1CCC[C@H]1C(=O)N[C@@H](CS)C(=O)O)C(C)C)C(C)C)[C@@H](C)O. The number of phenols is 1. The summed E-state index contributed by atoms with van der Waals surface area (Å²) in [5.74, 6) is -18.1. The fraction of sp³-hybridized carbons (Fsp3) is 0.464. The number of carboxylic acid groups (broad SMARTS) is 3. The van der Waals surface area contributed by atoms with Crippen LogP contribution in [-0.4, -0.2) is 226 Å². The van der Waals surface area contributed by atoms with Gasteiger partial charge in [-0.3, -0.25) is 67.1 Å². The van der Waals surface area contributed by atoms with Gasteiger partial charge in [0.25, 0.3) is 0 Å². The normalized spacial score (nSPS) is 15.9. The van der Waals surface area contributed by atoms with Crippen molar-refractivity contribution in [1.29, 1.82) is 0 Å². The maximum atomic E-state index is 14.9. The van der Waals surface area contributed by atoms with Gasteiger partial charge in [0.2, 0.25) is 70.9 Å². The molecular weight excluding hydrogens is 1410 g/mol. The number of carboxylic acids is 3. The Labute approximate surface area is 613 Å². The van der Waals surface area contributed by atoms with Gasteiger partial charge in [-0.05, 0) is 79.0 Å². The summed E-state index contributed by atoms with van der Waals surface area (Å²) < 4.78 is 0. The third-order valence-corrected chi connectivity index (χ3v) is 18.0. The van der Waals surface area contributed by atoms with E-state index in [0.29, 0.717) is 44.9 Å². The van der Waals surface area contributed by atoms with Gasteiger partial charge in [0.05, 0.1) is 19.1 Å². The van der Waals surface area contributed by atoms with Gasteiger partial charge < -0.3 is 98.9 Å². The number of aromatic amines is 2. The van der Waals surface area contributed by atoms with E-state index in [-0.39, 0.29) is 43.1 Å². The van der Waals surface area contributed by atoms with Crippen LogP contribution in [0.2, 0.25) is 0 Å². The van der Waals surface area contributed by atoms with Crippen molar-refractivity contribution in [2.45, 2.75) is 165 Å². The lowest BCUT2D eigenvalue weighted by molar-refractivity contribution is -0.145. The summed E-state index contributed by atoms with van der Waals surface area (Å²) in [6.45, 7) is 7.69. The number of hydrogen-bond acceptors (Lipinski definition) is 19. The lowest BCUT2D eigenvalue weighted by Gasteiger charge is -2.32. The van der Waals surface area contributed by atoms with Crippen molar-refractivity contribution in [3.63, 3.8) is 0 Å². The fourth-order valence-corrected chi connectivity index (χ4v) is 12.2. The number of aromatic nitrogens is 2. The van der Waals surface area contributed by atoms with Gasteiger partial charge in [0, 0.05) is 84.9 Å². The van der Waals surface area contributed by atoms with E-state index in [9.17, 15) is 97.5 Å². The summed E-state index contributed by atoms with van der Waals surface area (Å²) in [5.41, 5.74) is 2.59. The van der Waals surface area contributed by atoms with E-state index in [1.54, 1.807) is 74.8 Å². The number of benzene rings is 3. The molecule has 1 saturated heterocycles. The number of H-pyrrole nitrogens is 2. The third kappa shape index (κ3) is 24.2. The molecule has 3 aromatic carbocycles. The average molecular weight is 1500 g/mol. The zero-order valence-corrected chi connectivity index (χ0v) is 60.1. The predicted octanol–water partition coefficient (Wildman–Crippen LogP) is -1.67. The minimum Gasteiger partial charge on any atom is -0.508 e. The molecule has 1 aliphatic rings. The van der Waals surface area contributed by atoms with E-state index in [2.05, 4.69) is 93.7 Å². The van der Waals surface area contributed by atoms with Crippen LogP contribution in [0.1, 0.15) is 90.3 Å². The number of amides is 12. The molecule has 0 bridgehead atoms. The van der Waals surface area contributed by atoms with E-state index in [1.807, 2.05) is 0 Å². The predicted molar refractivity (Wildman–Crippen MR) is 384 cm³/mol. The Balaban J connectivity index is 1.23. The van der Waals surface area contributed by atoms with Crippen LogP contribution in [0.15, 0.2) is 85.2 Å². The molecule has 0 saturated carbocycles. The standard InChI is InChI=1S/C69H90N14O20S2/c1-33(2)56(66(99)78-49(27-55(90)91)59(92)72-30-53(87)74-47(25-38-28-70-43-14-9-7-12-41(38)43)62(95)81-57(34(3)4)68(101)83-23-11-16-52(83)65(98)79-51(32-105)69(102)103)80-63(96)48(26-39-29-71-44-15-10-8-13-42(39)44)77-61(94)46(24-37-17-19-40(86)20-18-37)76-60(93)45(21-22-54(88)89)75-67(100)58(35(5)84)82-64(97)50(31-104)73-36(6)85/h7-10,12-15,17-20,28-29,33-35,45-52,56-58,70-71,84,86,104-105H,11,16,21-27,30-32H2,1-6H3,(H,72,92)(H,73,85)(H,74,87)(H,75,100)(H,76,93)(H,77,94)(H,78,99)(H,79,98)(H,80,96)(H,81,95)(H,82,97)(H,88,89)(H,90,91)(H,102,103)/t35-,45+,46+,47+,48+,49+,50+,51+,52+,56+,57+,58+/m1/s1. The number of nitrogens with zero attached hydrogens (tertiary/aromatic N) is 1. The smallest absolute Gasteiger partial charge is 0.327 e. The molecule has 1 aliphatic heterocycles. The fourth-order valence-electron chi connectivity index (χ4n) is 11.7. The zero-order chi connectivity index (χ0) is 77.5. The van der Waals surface area contributed by atoms with E-state index in [4.69, 9.17) is 0 Å². The maximum absolute atomic E-state index is 14.9. The monoisotopic (exact) mass is 1500 g/mol. The number of para-hydroxylation sites is 2. The maximum Gasteiger partial charge on any atom is 0.327 e. The summed E-state index contributed by atoms with van der Waals surface area (Å²) in [5, 5.41) is 78.4. The minimum absolute atomic E-state index is 0.0987. The molecule has 18 N–H and O–H groups in total. The van der Waals surface area contributed by atoms with Gasteiger partial charge >= 0.3 is 17.9 Å². The van der Waals surface area contributed by atoms with Gasteiger partial charge in [0.15, 0.2) is 0 Å². The number of thiol groups is 2. The van der Waals surface area contributed by atoms with Gasteiger partial charge in [0.1, 0.15) is 72.2 Å². The number of aliphatic hydroxyl groups excluding tert-OH is 1. The highest BCUT2D eigenvalue weighted by atomic mass is 32.1. The number of likely N-dealkylation sites (tertiary alicyclic amines) is 1. The second-order valence-corrected chi connectivity index (χ2v) is 26.7. The molecular formula is C69H90N14O20S2. The molecule has 0 radical (unpaired) electrons. The molecule has 5 aromatic rings. The summed E-state index contributed by atoms with van der Waals surface area (Å²) in [6, 6.07) is 2.29. The lowest BCUT2D eigenvalue weighted by atomic mass is 9.99. The number of aliphatic carboxylic acids is 3. The Kier molecular flexibility index (Phi) is 31.1. The molecule has 0 unspecified atom stereocenters. The van der Waals surface area contributed by atoms with Crippen LogP contribution in [-0.2, 0) is 91.2 Å². The first kappa shape index (κ1) is 83.2. The number of nitrogens with one attached hydrogen (secondary N) is 13. The number of rotatable bonds is 39. The molecule has 3 heterocycles. The van der Waals surface area contributed by atoms with Crippen LogP contribution >= 0.6 is 25.3 Å². The van der Waals surface area contributed by atoms with Crippen molar-refractivity contribution in [3.05, 3.63) is 102 Å². The average Bonchev–Trinajstić information content (AvgIpc) is 1.75. The molecule has 12 atom stereocenters. The highest BCUT2D eigenvalue weighted by Gasteiger charge is 2.42. The first-order valence-corrected chi connectivity index (χ1v) is 35.0. The van der Waals surface area contributed by atoms with Crippen molar-refractivity contribution in [3.8, 4) is 5.75 Å². The van der Waals surface area contributed by atoms with Crippen molar-refractivity contribution >= 4 is 136 Å². The molecule has 34 nitrogen and oxygen atoms in total. The largest absolute Gasteiger partial charge is 0.508 e. The molecule has 0 aliphatic carbocycles. The Morgan fingerprint density at radius 1 is 0.514 bits per heavy atom. The summed E-state index contributed by atoms with van der Waals surface area (Å²) >= 11 is 8.07. The lowest BCUT2D eigenvalue weighted by Crippen LogP contribution is -2.62. The Morgan fingerprint density at radius 2 is 0.990 bits per heavy atom. The summed E-state index contributed by atoms with van der Waals surface area (Å²) in [7, 11) is 0. The molecule has 0 spiro atoms. The van der Waals surface area contributed by atoms with Crippen molar-refractivity contribution in [2.75, 3.05) is 24.6 Å². The van der Waals surface area contributed by atoms with Crippen LogP contribution in [0.5, 0.6) is 5.75 Å². The van der Waals surface area contributed by atoms with E-state index in [0.717, 1.165) is 13.8 Å². The van der Waals surface area contributed by atoms with E-state index < -0.39 is 205 Å². The number of aliphatic hydroxyl groups is 1. The molecule has 568 valence electrons. The zero-order valence-electron chi connectivity index (χ0n) is 58.4.